The van der Waals surface area contributed by atoms with Crippen molar-refractivity contribution in [3.8, 4) is 0 Å². The number of nitrogens with zero attached hydrogens (tertiary/aromatic N) is 4. The van der Waals surface area contributed by atoms with E-state index in [-0.39, 0.29) is 12.0 Å². The normalized spacial score (nSPS) is 18.6. The van der Waals surface area contributed by atoms with Crippen LogP contribution in [0.2, 0.25) is 0 Å². The fourth-order valence-corrected chi connectivity index (χ4v) is 3.98. The molecule has 1 aliphatic heterocycles. The molecular formula is C20H33N5O2. The maximum absolute atomic E-state index is 12.9. The van der Waals surface area contributed by atoms with Crippen molar-refractivity contribution in [1.29, 1.82) is 0 Å². The first kappa shape index (κ1) is 19.9. The second kappa shape index (κ2) is 9.35. The number of carbonyl (C=O) groups excluding carboxylic acids is 1. The van der Waals surface area contributed by atoms with E-state index in [1.54, 1.807) is 6.33 Å². The van der Waals surface area contributed by atoms with E-state index in [9.17, 15) is 4.79 Å². The van der Waals surface area contributed by atoms with Crippen molar-refractivity contribution >= 4 is 17.5 Å². The molecule has 0 unspecified atom stereocenters. The average Bonchev–Trinajstić information content (AvgIpc) is 2.78. The second-order valence-electron chi connectivity index (χ2n) is 7.89. The molecule has 0 saturated heterocycles. The molecule has 0 radical (unpaired) electrons. The molecule has 0 aromatic carbocycles. The molecule has 1 aromatic heterocycles. The Hall–Kier alpha value is -1.89. The largest absolute Gasteiger partial charge is 0.379 e. The molecule has 1 aromatic rings. The number of amides is 1. The number of nitrogens with one attached hydrogen (secondary N) is 1. The van der Waals surface area contributed by atoms with Crippen LogP contribution in [0.15, 0.2) is 6.33 Å². The number of carbonyl (C=O) groups is 1. The van der Waals surface area contributed by atoms with Gasteiger partial charge in [-0.3, -0.25) is 4.79 Å². The first-order chi connectivity index (χ1) is 13.1. The van der Waals surface area contributed by atoms with E-state index < -0.39 is 0 Å². The zero-order valence-electron chi connectivity index (χ0n) is 16.9. The summed E-state index contributed by atoms with van der Waals surface area (Å²) in [5, 5.41) is 3.44. The fourth-order valence-electron chi connectivity index (χ4n) is 3.98. The Morgan fingerprint density at radius 1 is 1.22 bits per heavy atom. The molecule has 1 saturated carbocycles. The number of likely N-dealkylation sites (N-methyl/N-ethyl adjacent to an activating group) is 1. The Morgan fingerprint density at radius 2 is 2.00 bits per heavy atom. The fraction of sp³-hybridized carbons (Fsp3) is 0.750. The van der Waals surface area contributed by atoms with Crippen LogP contribution in [0.25, 0.3) is 0 Å². The number of anilines is 2. The Labute approximate surface area is 162 Å². The van der Waals surface area contributed by atoms with Gasteiger partial charge in [-0.1, -0.05) is 19.3 Å². The molecule has 150 valence electrons. The number of ether oxygens (including phenoxy) is 1. The molecule has 0 spiro atoms. The van der Waals surface area contributed by atoms with Crippen molar-refractivity contribution in [3.63, 3.8) is 0 Å². The van der Waals surface area contributed by atoms with Crippen LogP contribution in [0.3, 0.4) is 0 Å². The topological polar surface area (TPSA) is 70.6 Å². The van der Waals surface area contributed by atoms with Gasteiger partial charge in [0.2, 0.25) is 5.91 Å². The van der Waals surface area contributed by atoms with Gasteiger partial charge in [0.1, 0.15) is 18.0 Å². The van der Waals surface area contributed by atoms with E-state index in [1.165, 1.54) is 19.3 Å². The molecular weight excluding hydrogens is 342 g/mol. The molecule has 0 bridgehead atoms. The van der Waals surface area contributed by atoms with Crippen molar-refractivity contribution in [2.24, 2.45) is 0 Å². The van der Waals surface area contributed by atoms with Gasteiger partial charge < -0.3 is 19.9 Å². The van der Waals surface area contributed by atoms with Crippen molar-refractivity contribution in [3.05, 3.63) is 11.9 Å². The van der Waals surface area contributed by atoms with E-state index in [4.69, 9.17) is 4.74 Å². The summed E-state index contributed by atoms with van der Waals surface area (Å²) in [6.07, 6.45) is 8.67. The summed E-state index contributed by atoms with van der Waals surface area (Å²) in [6.45, 7) is 6.58. The summed E-state index contributed by atoms with van der Waals surface area (Å²) in [6, 6.07) is 0.345. The van der Waals surface area contributed by atoms with Crippen LogP contribution < -0.4 is 10.2 Å². The number of aromatic nitrogens is 2. The Morgan fingerprint density at radius 3 is 2.74 bits per heavy atom. The van der Waals surface area contributed by atoms with E-state index in [2.05, 4.69) is 20.2 Å². The third-order valence-electron chi connectivity index (χ3n) is 5.39. The van der Waals surface area contributed by atoms with E-state index >= 15 is 0 Å². The van der Waals surface area contributed by atoms with Gasteiger partial charge >= 0.3 is 0 Å². The third-order valence-corrected chi connectivity index (χ3v) is 5.39. The molecule has 3 rings (SSSR count). The molecule has 7 nitrogen and oxygen atoms in total. The van der Waals surface area contributed by atoms with E-state index in [0.29, 0.717) is 19.1 Å². The lowest BCUT2D eigenvalue weighted by molar-refractivity contribution is -0.133. The van der Waals surface area contributed by atoms with Crippen molar-refractivity contribution < 1.29 is 9.53 Å². The third kappa shape index (κ3) is 5.09. The highest BCUT2D eigenvalue weighted by Gasteiger charge is 2.32. The molecule has 1 fully saturated rings. The maximum Gasteiger partial charge on any atom is 0.242 e. The first-order valence-corrected chi connectivity index (χ1v) is 10.3. The smallest absolute Gasteiger partial charge is 0.242 e. The van der Waals surface area contributed by atoms with Crippen LogP contribution in [0.4, 0.5) is 11.6 Å². The SMILES string of the molecule is CC(C)OCCCNc1ncnc2c1CN(C1CCCCC1)C(=O)CN2C. The highest BCUT2D eigenvalue weighted by molar-refractivity contribution is 5.83. The summed E-state index contributed by atoms with van der Waals surface area (Å²) in [5.41, 5.74) is 1.03. The van der Waals surface area contributed by atoms with Gasteiger partial charge in [0.25, 0.3) is 0 Å². The van der Waals surface area contributed by atoms with Crippen molar-refractivity contribution in [2.75, 3.05) is 37.0 Å². The predicted octanol–water partition coefficient (Wildman–Crippen LogP) is 2.81. The standard InChI is InChI=1S/C20H33N5O2/c1-15(2)27-11-7-10-21-19-17-12-25(16-8-5-4-6-9-16)18(26)13-24(3)20(17)23-14-22-19/h14-16H,4-13H2,1-3H3,(H,21,22,23). The zero-order valence-corrected chi connectivity index (χ0v) is 16.9. The van der Waals surface area contributed by atoms with Gasteiger partial charge in [0.15, 0.2) is 0 Å². The monoisotopic (exact) mass is 375 g/mol. The van der Waals surface area contributed by atoms with Crippen molar-refractivity contribution in [1.82, 2.24) is 14.9 Å². The van der Waals surface area contributed by atoms with Gasteiger partial charge in [0, 0.05) is 26.2 Å². The van der Waals surface area contributed by atoms with Gasteiger partial charge in [-0.25, -0.2) is 9.97 Å². The lowest BCUT2D eigenvalue weighted by Gasteiger charge is -2.33. The number of hydrogen-bond donors (Lipinski definition) is 1. The zero-order chi connectivity index (χ0) is 19.2. The molecule has 1 amide bonds. The van der Waals surface area contributed by atoms with Crippen LogP contribution in [0, 0.1) is 0 Å². The van der Waals surface area contributed by atoms with Crippen LogP contribution in [-0.2, 0) is 16.1 Å². The Balaban J connectivity index is 1.73. The Kier molecular flexibility index (Phi) is 6.88. The first-order valence-electron chi connectivity index (χ1n) is 10.3. The highest BCUT2D eigenvalue weighted by atomic mass is 16.5. The van der Waals surface area contributed by atoms with Crippen LogP contribution in [0.5, 0.6) is 0 Å². The van der Waals surface area contributed by atoms with Gasteiger partial charge in [-0.2, -0.15) is 0 Å². The molecule has 2 aliphatic rings. The summed E-state index contributed by atoms with van der Waals surface area (Å²) in [7, 11) is 1.94. The van der Waals surface area contributed by atoms with E-state index in [0.717, 1.165) is 49.6 Å². The minimum Gasteiger partial charge on any atom is -0.379 e. The second-order valence-corrected chi connectivity index (χ2v) is 7.89. The summed E-state index contributed by atoms with van der Waals surface area (Å²) < 4.78 is 5.61. The lowest BCUT2D eigenvalue weighted by Crippen LogP contribution is -2.43. The van der Waals surface area contributed by atoms with Crippen LogP contribution >= 0.6 is 0 Å². The summed E-state index contributed by atoms with van der Waals surface area (Å²) >= 11 is 0. The molecule has 1 N–H and O–H groups in total. The molecule has 1 aliphatic carbocycles. The highest BCUT2D eigenvalue weighted by Crippen LogP contribution is 2.31. The quantitative estimate of drug-likeness (QED) is 0.739. The maximum atomic E-state index is 12.9. The number of rotatable bonds is 7. The number of hydrogen-bond acceptors (Lipinski definition) is 6. The van der Waals surface area contributed by atoms with Crippen molar-refractivity contribution in [2.45, 2.75) is 71.1 Å². The van der Waals surface area contributed by atoms with Gasteiger partial charge in [0.05, 0.1) is 24.8 Å². The van der Waals surface area contributed by atoms with Gasteiger partial charge in [-0.15, -0.1) is 0 Å². The minimum absolute atomic E-state index is 0.193. The summed E-state index contributed by atoms with van der Waals surface area (Å²) in [5.74, 6) is 1.89. The van der Waals surface area contributed by atoms with Crippen LogP contribution in [0.1, 0.15) is 57.9 Å². The molecule has 0 atom stereocenters. The number of fused-ring (bicyclic) bond motifs is 1. The lowest BCUT2D eigenvalue weighted by atomic mass is 9.94. The molecule has 2 heterocycles. The minimum atomic E-state index is 0.193. The average molecular weight is 376 g/mol. The van der Waals surface area contributed by atoms with E-state index in [1.807, 2.05) is 25.8 Å². The van der Waals surface area contributed by atoms with Gasteiger partial charge in [-0.05, 0) is 33.1 Å². The Bertz CT molecular complexity index is 631. The summed E-state index contributed by atoms with van der Waals surface area (Å²) in [4.78, 5) is 25.8. The predicted molar refractivity (Wildman–Crippen MR) is 107 cm³/mol. The molecule has 7 heteroatoms. The van der Waals surface area contributed by atoms with Crippen LogP contribution in [-0.4, -0.2) is 59.7 Å². The molecule has 27 heavy (non-hydrogen) atoms.